The topological polar surface area (TPSA) is 82.5 Å². The van der Waals surface area contributed by atoms with Gasteiger partial charge in [0.15, 0.2) is 8.32 Å². The van der Waals surface area contributed by atoms with Crippen molar-refractivity contribution in [2.45, 2.75) is 64.3 Å². The maximum absolute atomic E-state index is 12.7. The predicted molar refractivity (Wildman–Crippen MR) is 131 cm³/mol. The zero-order valence-electron chi connectivity index (χ0n) is 20.5. The largest absolute Gasteiger partial charge is 0.496 e. The van der Waals surface area contributed by atoms with Gasteiger partial charge in [-0.05, 0) is 59.9 Å². The highest BCUT2D eigenvalue weighted by molar-refractivity contribution is 6.74. The number of methoxy groups -OCH3 is 1. The summed E-state index contributed by atoms with van der Waals surface area (Å²) in [5.41, 5.74) is 2.83. The van der Waals surface area contributed by atoms with Crippen LogP contribution in [0.15, 0.2) is 42.5 Å². The zero-order valence-corrected chi connectivity index (χ0v) is 21.5. The second-order valence-corrected chi connectivity index (χ2v) is 15.0. The highest BCUT2D eigenvalue weighted by Crippen LogP contribution is 2.38. The van der Waals surface area contributed by atoms with Crippen molar-refractivity contribution in [2.75, 3.05) is 18.9 Å². The Morgan fingerprint density at radius 1 is 1.15 bits per heavy atom. The van der Waals surface area contributed by atoms with Crippen molar-refractivity contribution in [1.82, 2.24) is 4.90 Å². The molecule has 8 heteroatoms. The van der Waals surface area contributed by atoms with Gasteiger partial charge < -0.3 is 14.1 Å². The molecule has 0 saturated carbocycles. The third kappa shape index (κ3) is 5.76. The third-order valence-electron chi connectivity index (χ3n) is 6.90. The van der Waals surface area contributed by atoms with E-state index >= 15 is 0 Å². The Hall–Kier alpha value is -2.39. The Morgan fingerprint density at radius 2 is 1.88 bits per heavy atom. The molecule has 3 rings (SSSR count). The number of nitrogens with zero attached hydrogens (tertiary/aromatic N) is 2. The summed E-state index contributed by atoms with van der Waals surface area (Å²) >= 11 is 0. The molecule has 1 atom stereocenters. The lowest BCUT2D eigenvalue weighted by molar-refractivity contribution is -0.130. The van der Waals surface area contributed by atoms with Gasteiger partial charge in [-0.25, -0.2) is 0 Å². The monoisotopic (exact) mass is 472 g/mol. The number of hydrogen-bond donors (Lipinski definition) is 2. The van der Waals surface area contributed by atoms with Crippen molar-refractivity contribution in [1.29, 1.82) is 0 Å². The third-order valence-corrected chi connectivity index (χ3v) is 11.4. The Balaban J connectivity index is 1.82. The molecule has 0 spiro atoms. The number of likely N-dealkylation sites (tertiary alicyclic amines) is 1. The average molecular weight is 473 g/mol. The predicted octanol–water partition coefficient (Wildman–Crippen LogP) is 5.46. The second kappa shape index (κ2) is 9.85. The van der Waals surface area contributed by atoms with Crippen LogP contribution in [-0.2, 0) is 15.8 Å². The summed E-state index contributed by atoms with van der Waals surface area (Å²) in [6, 6.07) is 12.8. The van der Waals surface area contributed by atoms with E-state index < -0.39 is 8.32 Å². The highest BCUT2D eigenvalue weighted by atomic mass is 28.4. The Labute approximate surface area is 197 Å². The van der Waals surface area contributed by atoms with Gasteiger partial charge in [-0.2, -0.15) is 0 Å². The van der Waals surface area contributed by atoms with E-state index in [0.717, 1.165) is 23.1 Å². The van der Waals surface area contributed by atoms with Crippen LogP contribution in [0.2, 0.25) is 18.1 Å². The minimum Gasteiger partial charge on any atom is -0.496 e. The molecule has 33 heavy (non-hydrogen) atoms. The number of hydrogen-bond acceptors (Lipinski definition) is 6. The lowest BCUT2D eigenvalue weighted by Crippen LogP contribution is -2.45. The van der Waals surface area contributed by atoms with Crippen LogP contribution in [0.1, 0.15) is 39.2 Å². The molecule has 1 aliphatic rings. The standard InChI is InChI=1S/C25H36N2O5Si/c1-25(2,3)33(5,6)32-17-21-11-13-24(28)26(21)16-18-10-12-23(31-4)22(14-18)19-8-7-9-20(15-19)27(29)30/h7-10,12,14-15,21,29-30H,11,13,16-17H2,1-6H3. The molecule has 180 valence electrons. The number of rotatable bonds is 8. The summed E-state index contributed by atoms with van der Waals surface area (Å²) < 4.78 is 12.0. The van der Waals surface area contributed by atoms with E-state index in [1.807, 2.05) is 29.2 Å². The van der Waals surface area contributed by atoms with Crippen LogP contribution in [0.25, 0.3) is 11.1 Å². The number of benzene rings is 2. The number of anilines is 1. The van der Waals surface area contributed by atoms with Gasteiger partial charge in [0.1, 0.15) is 5.75 Å². The van der Waals surface area contributed by atoms with Gasteiger partial charge in [0.25, 0.3) is 0 Å². The summed E-state index contributed by atoms with van der Waals surface area (Å²) in [6.45, 7) is 12.2. The van der Waals surface area contributed by atoms with Gasteiger partial charge in [-0.3, -0.25) is 15.2 Å². The highest BCUT2D eigenvalue weighted by Gasteiger charge is 2.39. The molecule has 0 radical (unpaired) electrons. The molecule has 2 aromatic carbocycles. The zero-order chi connectivity index (χ0) is 24.4. The molecule has 1 amide bonds. The number of carbonyl (C=O) groups excluding carboxylic acids is 1. The molecule has 1 saturated heterocycles. The fraction of sp³-hybridized carbons (Fsp3) is 0.480. The van der Waals surface area contributed by atoms with Crippen molar-refractivity contribution in [3.8, 4) is 16.9 Å². The minimum atomic E-state index is -1.90. The van der Waals surface area contributed by atoms with E-state index in [2.05, 4.69) is 33.9 Å². The molecule has 0 aliphatic carbocycles. The van der Waals surface area contributed by atoms with Crippen molar-refractivity contribution < 1.29 is 24.4 Å². The summed E-state index contributed by atoms with van der Waals surface area (Å²) in [6.07, 6.45) is 1.35. The van der Waals surface area contributed by atoms with Gasteiger partial charge >= 0.3 is 0 Å². The quantitative estimate of drug-likeness (QED) is 0.392. The van der Waals surface area contributed by atoms with Crippen LogP contribution in [0, 0.1) is 0 Å². The van der Waals surface area contributed by atoms with Gasteiger partial charge in [-0.1, -0.05) is 39.0 Å². The SMILES string of the molecule is COc1ccc(CN2C(=O)CCC2CO[Si](C)(C)C(C)(C)C)cc1-c1cccc(N(O)O)c1. The lowest BCUT2D eigenvalue weighted by Gasteiger charge is -2.38. The van der Waals surface area contributed by atoms with Gasteiger partial charge in [-0.15, -0.1) is 5.23 Å². The fourth-order valence-electron chi connectivity index (χ4n) is 3.78. The van der Waals surface area contributed by atoms with Crippen LogP contribution in [0.3, 0.4) is 0 Å². The molecule has 1 aliphatic heterocycles. The maximum atomic E-state index is 12.7. The van der Waals surface area contributed by atoms with E-state index in [9.17, 15) is 15.2 Å². The summed E-state index contributed by atoms with van der Waals surface area (Å²) in [5.74, 6) is 0.818. The lowest BCUT2D eigenvalue weighted by atomic mass is 10.0. The van der Waals surface area contributed by atoms with E-state index in [1.54, 1.807) is 25.3 Å². The van der Waals surface area contributed by atoms with Gasteiger partial charge in [0.05, 0.1) is 25.4 Å². The molecule has 0 bridgehead atoms. The van der Waals surface area contributed by atoms with Crippen molar-refractivity contribution in [3.63, 3.8) is 0 Å². The molecular weight excluding hydrogens is 436 g/mol. The van der Waals surface area contributed by atoms with E-state index in [4.69, 9.17) is 9.16 Å². The van der Waals surface area contributed by atoms with E-state index in [0.29, 0.717) is 25.3 Å². The Morgan fingerprint density at radius 3 is 2.52 bits per heavy atom. The summed E-state index contributed by atoms with van der Waals surface area (Å²) in [5, 5.41) is 19.0. The van der Waals surface area contributed by atoms with Crippen molar-refractivity contribution >= 4 is 19.9 Å². The molecule has 1 fully saturated rings. The van der Waals surface area contributed by atoms with Gasteiger partial charge in [0.2, 0.25) is 5.91 Å². The molecule has 2 aromatic rings. The molecule has 7 nitrogen and oxygen atoms in total. The number of ether oxygens (including phenoxy) is 1. The normalized spacial score (nSPS) is 16.9. The van der Waals surface area contributed by atoms with Crippen LogP contribution >= 0.6 is 0 Å². The van der Waals surface area contributed by atoms with Crippen molar-refractivity contribution in [2.24, 2.45) is 0 Å². The van der Waals surface area contributed by atoms with Crippen LogP contribution in [-0.4, -0.2) is 49.3 Å². The summed E-state index contributed by atoms with van der Waals surface area (Å²) in [4.78, 5) is 14.6. The molecule has 1 heterocycles. The first-order valence-corrected chi connectivity index (χ1v) is 14.2. The number of carbonyl (C=O) groups is 1. The Kier molecular flexibility index (Phi) is 7.53. The molecule has 0 aromatic heterocycles. The average Bonchev–Trinajstić information content (AvgIpc) is 3.11. The van der Waals surface area contributed by atoms with Crippen LogP contribution < -0.4 is 9.96 Å². The first kappa shape index (κ1) is 25.2. The van der Waals surface area contributed by atoms with Crippen LogP contribution in [0.5, 0.6) is 5.75 Å². The first-order chi connectivity index (χ1) is 15.4. The maximum Gasteiger partial charge on any atom is 0.223 e. The number of amides is 1. The molecular formula is C25H36N2O5Si. The summed E-state index contributed by atoms with van der Waals surface area (Å²) in [7, 11) is -0.293. The second-order valence-electron chi connectivity index (χ2n) is 10.2. The Bertz CT molecular complexity index is 987. The minimum absolute atomic E-state index is 0.0674. The first-order valence-electron chi connectivity index (χ1n) is 11.3. The molecule has 2 N–H and O–H groups in total. The van der Waals surface area contributed by atoms with E-state index in [1.165, 1.54) is 0 Å². The smallest absolute Gasteiger partial charge is 0.223 e. The van der Waals surface area contributed by atoms with Crippen molar-refractivity contribution in [3.05, 3.63) is 48.0 Å². The van der Waals surface area contributed by atoms with Crippen LogP contribution in [0.4, 0.5) is 5.69 Å². The van der Waals surface area contributed by atoms with E-state index in [-0.39, 0.29) is 27.9 Å². The fourth-order valence-corrected chi connectivity index (χ4v) is 4.82. The van der Waals surface area contributed by atoms with Gasteiger partial charge in [0, 0.05) is 18.5 Å². The molecule has 1 unspecified atom stereocenters.